The molecule has 0 unspecified atom stereocenters. The summed E-state index contributed by atoms with van der Waals surface area (Å²) >= 11 is 0. The Hall–Kier alpha value is -3.13. The number of aromatic amines is 1. The lowest BCUT2D eigenvalue weighted by atomic mass is 9.99. The summed E-state index contributed by atoms with van der Waals surface area (Å²) in [7, 11) is 4.36. The van der Waals surface area contributed by atoms with Crippen LogP contribution < -0.4 is 4.74 Å². The van der Waals surface area contributed by atoms with Gasteiger partial charge in [0.1, 0.15) is 11.4 Å². The van der Waals surface area contributed by atoms with Gasteiger partial charge in [0.2, 0.25) is 0 Å². The van der Waals surface area contributed by atoms with Crippen molar-refractivity contribution >= 4 is 17.7 Å². The number of benzene rings is 1. The second kappa shape index (κ2) is 10.1. The summed E-state index contributed by atoms with van der Waals surface area (Å²) in [5.74, 6) is -0.482. The number of hydrogen-bond acceptors (Lipinski definition) is 6. The Kier molecular flexibility index (Phi) is 7.77. The van der Waals surface area contributed by atoms with Crippen molar-refractivity contribution in [1.82, 2.24) is 9.88 Å². The quantitative estimate of drug-likeness (QED) is 0.499. The van der Waals surface area contributed by atoms with Crippen molar-refractivity contribution in [1.29, 1.82) is 0 Å². The Labute approximate surface area is 176 Å². The number of Topliss-reactive ketones (excluding diaryl/α,β-unsaturated/α-hetero) is 1. The van der Waals surface area contributed by atoms with Crippen molar-refractivity contribution in [2.24, 2.45) is 0 Å². The van der Waals surface area contributed by atoms with Crippen molar-refractivity contribution in [2.75, 3.05) is 34.5 Å². The number of esters is 1. The van der Waals surface area contributed by atoms with Crippen molar-refractivity contribution in [3.05, 3.63) is 52.3 Å². The number of rotatable bonds is 9. The molecule has 1 amide bonds. The van der Waals surface area contributed by atoms with Crippen LogP contribution in [0.2, 0.25) is 0 Å². The molecule has 8 heteroatoms. The number of aryl methyl sites for hydroxylation is 1. The fourth-order valence-corrected chi connectivity index (χ4v) is 3.34. The molecule has 0 bridgehead atoms. The molecule has 1 aromatic carbocycles. The van der Waals surface area contributed by atoms with Crippen LogP contribution in [-0.4, -0.2) is 68.1 Å². The van der Waals surface area contributed by atoms with Gasteiger partial charge in [-0.25, -0.2) is 4.79 Å². The molecule has 0 spiro atoms. The Bertz CT molecular complexity index is 916. The van der Waals surface area contributed by atoms with E-state index in [0.29, 0.717) is 28.1 Å². The van der Waals surface area contributed by atoms with E-state index in [2.05, 4.69) is 4.98 Å². The van der Waals surface area contributed by atoms with Crippen LogP contribution in [-0.2, 0) is 9.47 Å². The Morgan fingerprint density at radius 3 is 2.23 bits per heavy atom. The highest BCUT2D eigenvalue weighted by Crippen LogP contribution is 2.23. The maximum Gasteiger partial charge on any atom is 0.354 e. The average Bonchev–Trinajstić information content (AvgIpc) is 3.06. The first kappa shape index (κ1) is 23.2. The van der Waals surface area contributed by atoms with Gasteiger partial charge in [-0.15, -0.1) is 0 Å². The van der Waals surface area contributed by atoms with Gasteiger partial charge in [-0.1, -0.05) is 0 Å². The number of amides is 1. The number of ether oxygens (including phenoxy) is 3. The summed E-state index contributed by atoms with van der Waals surface area (Å²) in [6.07, 6.45) is 0. The zero-order valence-corrected chi connectivity index (χ0v) is 18.2. The second-order valence-electron chi connectivity index (χ2n) is 6.88. The molecule has 30 heavy (non-hydrogen) atoms. The number of carbonyl (C=O) groups is 3. The lowest BCUT2D eigenvalue weighted by Crippen LogP contribution is -2.45. The number of nitrogens with one attached hydrogen (secondary N) is 1. The minimum absolute atomic E-state index is 0.232. The van der Waals surface area contributed by atoms with Crippen LogP contribution in [0.15, 0.2) is 24.3 Å². The first-order valence-electron chi connectivity index (χ1n) is 9.52. The number of nitrogens with zero attached hydrogens (tertiary/aromatic N) is 1. The number of methoxy groups -OCH3 is 3. The number of hydrogen-bond donors (Lipinski definition) is 1. The van der Waals surface area contributed by atoms with Gasteiger partial charge in [-0.3, -0.25) is 9.59 Å². The van der Waals surface area contributed by atoms with Gasteiger partial charge in [-0.2, -0.15) is 0 Å². The molecule has 2 aromatic rings. The maximum atomic E-state index is 13.3. The van der Waals surface area contributed by atoms with E-state index < -0.39 is 12.0 Å². The van der Waals surface area contributed by atoms with Gasteiger partial charge < -0.3 is 24.1 Å². The lowest BCUT2D eigenvalue weighted by Gasteiger charge is -2.28. The van der Waals surface area contributed by atoms with E-state index in [0.717, 1.165) is 0 Å². The van der Waals surface area contributed by atoms with E-state index in [1.807, 2.05) is 0 Å². The molecule has 0 fully saturated rings. The van der Waals surface area contributed by atoms with E-state index >= 15 is 0 Å². The van der Waals surface area contributed by atoms with Gasteiger partial charge in [-0.05, 0) is 50.6 Å². The SMILES string of the molecule is COCCN(C(=O)c1ccc(OC)cc1)[C@H](C)C(=O)c1c(C)[nH]c(C(=O)OC)c1C. The van der Waals surface area contributed by atoms with Gasteiger partial charge in [0.15, 0.2) is 5.78 Å². The molecular weight excluding hydrogens is 388 g/mol. The highest BCUT2D eigenvalue weighted by Gasteiger charge is 2.31. The summed E-state index contributed by atoms with van der Waals surface area (Å²) in [4.78, 5) is 42.8. The van der Waals surface area contributed by atoms with Crippen LogP contribution in [0.1, 0.15) is 49.4 Å². The summed E-state index contributed by atoms with van der Waals surface area (Å²) in [6.45, 7) is 5.58. The highest BCUT2D eigenvalue weighted by atomic mass is 16.5. The van der Waals surface area contributed by atoms with Crippen molar-refractivity contribution in [3.8, 4) is 5.75 Å². The van der Waals surface area contributed by atoms with Crippen LogP contribution >= 0.6 is 0 Å². The van der Waals surface area contributed by atoms with Crippen molar-refractivity contribution in [3.63, 3.8) is 0 Å². The molecule has 1 heterocycles. The molecule has 0 aliphatic heterocycles. The number of aromatic nitrogens is 1. The minimum atomic E-state index is -0.770. The van der Waals surface area contributed by atoms with Crippen LogP contribution in [0.5, 0.6) is 5.75 Å². The first-order valence-corrected chi connectivity index (χ1v) is 9.52. The second-order valence-corrected chi connectivity index (χ2v) is 6.88. The van der Waals surface area contributed by atoms with Crippen LogP contribution in [0.25, 0.3) is 0 Å². The number of ketones is 1. The number of H-pyrrole nitrogens is 1. The molecule has 0 saturated heterocycles. The smallest absolute Gasteiger partial charge is 0.354 e. The molecule has 8 nitrogen and oxygen atoms in total. The lowest BCUT2D eigenvalue weighted by molar-refractivity contribution is 0.0563. The molecule has 1 N–H and O–H groups in total. The van der Waals surface area contributed by atoms with E-state index in [9.17, 15) is 14.4 Å². The van der Waals surface area contributed by atoms with Gasteiger partial charge in [0.05, 0.1) is 26.9 Å². The molecule has 0 aliphatic rings. The summed E-state index contributed by atoms with van der Waals surface area (Å²) in [6, 6.07) is 5.92. The molecule has 1 atom stereocenters. The fourth-order valence-electron chi connectivity index (χ4n) is 3.34. The summed E-state index contributed by atoms with van der Waals surface area (Å²) in [5, 5.41) is 0. The highest BCUT2D eigenvalue weighted by molar-refractivity contribution is 6.07. The topological polar surface area (TPSA) is 97.9 Å². The van der Waals surface area contributed by atoms with Crippen LogP contribution in [0, 0.1) is 13.8 Å². The first-order chi connectivity index (χ1) is 14.3. The van der Waals surface area contributed by atoms with E-state index in [1.54, 1.807) is 52.1 Å². The molecule has 1 aromatic heterocycles. The maximum absolute atomic E-state index is 13.3. The van der Waals surface area contributed by atoms with E-state index in [4.69, 9.17) is 14.2 Å². The monoisotopic (exact) mass is 416 g/mol. The standard InChI is InChI=1S/C22H28N2O6/c1-13-18(14(2)23-19(13)22(27)30-6)20(25)15(3)24(11-12-28-4)21(26)16-7-9-17(29-5)10-8-16/h7-10,15,23H,11-12H2,1-6H3/t15-/m1/s1. The van der Waals surface area contributed by atoms with Crippen LogP contribution in [0.3, 0.4) is 0 Å². The molecule has 0 radical (unpaired) electrons. The van der Waals surface area contributed by atoms with Crippen molar-refractivity contribution < 1.29 is 28.6 Å². The summed E-state index contributed by atoms with van der Waals surface area (Å²) < 4.78 is 15.0. The van der Waals surface area contributed by atoms with Crippen LogP contribution in [0.4, 0.5) is 0 Å². The minimum Gasteiger partial charge on any atom is -0.497 e. The van der Waals surface area contributed by atoms with Gasteiger partial charge in [0.25, 0.3) is 5.91 Å². The largest absolute Gasteiger partial charge is 0.497 e. The third-order valence-electron chi connectivity index (χ3n) is 5.05. The Morgan fingerprint density at radius 2 is 1.70 bits per heavy atom. The normalized spacial score (nSPS) is 11.7. The third-order valence-corrected chi connectivity index (χ3v) is 5.05. The van der Waals surface area contributed by atoms with Gasteiger partial charge in [0, 0.05) is 30.5 Å². The predicted octanol–water partition coefficient (Wildman–Crippen LogP) is 2.79. The average molecular weight is 416 g/mol. The Balaban J connectivity index is 2.37. The predicted molar refractivity (Wildman–Crippen MR) is 111 cm³/mol. The van der Waals surface area contributed by atoms with E-state index in [1.165, 1.54) is 19.1 Å². The fraction of sp³-hybridized carbons (Fsp3) is 0.409. The van der Waals surface area contributed by atoms with Gasteiger partial charge >= 0.3 is 5.97 Å². The van der Waals surface area contributed by atoms with Crippen molar-refractivity contribution in [2.45, 2.75) is 26.8 Å². The molecule has 162 valence electrons. The number of carbonyl (C=O) groups excluding carboxylic acids is 3. The zero-order chi connectivity index (χ0) is 22.4. The summed E-state index contributed by atoms with van der Waals surface area (Å²) in [5.41, 5.74) is 2.10. The molecule has 2 rings (SSSR count). The molecule has 0 aliphatic carbocycles. The third kappa shape index (κ3) is 4.71. The molecule has 0 saturated carbocycles. The van der Waals surface area contributed by atoms with E-state index in [-0.39, 0.29) is 30.5 Å². The zero-order valence-electron chi connectivity index (χ0n) is 18.2. The molecular formula is C22H28N2O6. The Morgan fingerprint density at radius 1 is 1.07 bits per heavy atom.